The Balaban J connectivity index is 0.00000220. The average Bonchev–Trinajstić information content (AvgIpc) is 2.86. The lowest BCUT2D eigenvalue weighted by Gasteiger charge is -2.11. The summed E-state index contributed by atoms with van der Waals surface area (Å²) >= 11 is 1.80. The molecule has 4 nitrogen and oxygen atoms in total. The Morgan fingerprint density at radius 3 is 2.57 bits per heavy atom. The van der Waals surface area contributed by atoms with Gasteiger partial charge in [0, 0.05) is 23.0 Å². The van der Waals surface area contributed by atoms with Crippen LogP contribution in [0.15, 0.2) is 35.5 Å². The molecule has 2 aromatic rings. The zero-order chi connectivity index (χ0) is 14.4. The molecule has 0 aliphatic rings. The molecule has 6 heteroatoms. The Labute approximate surface area is 147 Å². The van der Waals surface area contributed by atoms with Crippen LogP contribution in [-0.2, 0) is 13.1 Å². The fourth-order valence-corrected chi connectivity index (χ4v) is 2.67. The molecule has 114 valence electrons. The molecule has 0 aliphatic carbocycles. The molecule has 0 radical (unpaired) electrons. The van der Waals surface area contributed by atoms with Gasteiger partial charge in [0.15, 0.2) is 5.96 Å². The molecule has 0 atom stereocenters. The number of aliphatic imine (C=N–C) groups is 1. The predicted molar refractivity (Wildman–Crippen MR) is 100 cm³/mol. The molecular formula is C15H21IN4S. The van der Waals surface area contributed by atoms with Gasteiger partial charge in [-0.15, -0.1) is 35.3 Å². The van der Waals surface area contributed by atoms with Gasteiger partial charge in [0.2, 0.25) is 0 Å². The highest BCUT2D eigenvalue weighted by Crippen LogP contribution is 2.14. The highest BCUT2D eigenvalue weighted by molar-refractivity contribution is 14.0. The summed E-state index contributed by atoms with van der Waals surface area (Å²) in [5.41, 5.74) is 2.23. The van der Waals surface area contributed by atoms with Crippen molar-refractivity contribution in [1.82, 2.24) is 15.6 Å². The molecule has 0 bridgehead atoms. The summed E-state index contributed by atoms with van der Waals surface area (Å²) in [5.74, 6) is 0.793. The number of hydrogen-bond donors (Lipinski definition) is 2. The van der Waals surface area contributed by atoms with Crippen molar-refractivity contribution in [3.8, 4) is 0 Å². The van der Waals surface area contributed by atoms with Gasteiger partial charge < -0.3 is 10.6 Å². The number of pyridine rings is 1. The highest BCUT2D eigenvalue weighted by atomic mass is 127. The first-order valence-corrected chi connectivity index (χ1v) is 7.41. The molecule has 0 aromatic carbocycles. The first kappa shape index (κ1) is 17.9. The lowest BCUT2D eigenvalue weighted by atomic mass is 10.2. The highest BCUT2D eigenvalue weighted by Gasteiger charge is 2.02. The number of rotatable bonds is 4. The molecule has 2 N–H and O–H groups in total. The van der Waals surface area contributed by atoms with Crippen molar-refractivity contribution in [3.05, 3.63) is 51.5 Å². The molecule has 0 spiro atoms. The van der Waals surface area contributed by atoms with E-state index in [2.05, 4.69) is 52.7 Å². The van der Waals surface area contributed by atoms with Gasteiger partial charge in [-0.1, -0.05) is 6.07 Å². The number of aryl methyl sites for hydroxylation is 2. The summed E-state index contributed by atoms with van der Waals surface area (Å²) in [6.45, 7) is 5.65. The average molecular weight is 416 g/mol. The smallest absolute Gasteiger partial charge is 0.191 e. The zero-order valence-corrected chi connectivity index (χ0v) is 15.7. The number of thiophene rings is 1. The van der Waals surface area contributed by atoms with E-state index >= 15 is 0 Å². The quantitative estimate of drug-likeness (QED) is 0.457. The van der Waals surface area contributed by atoms with Gasteiger partial charge in [-0.2, -0.15) is 0 Å². The van der Waals surface area contributed by atoms with Crippen molar-refractivity contribution < 1.29 is 0 Å². The summed E-state index contributed by atoms with van der Waals surface area (Å²) in [6.07, 6.45) is 1.81. The largest absolute Gasteiger partial charge is 0.352 e. The Morgan fingerprint density at radius 1 is 1.19 bits per heavy atom. The van der Waals surface area contributed by atoms with E-state index in [4.69, 9.17) is 0 Å². The molecular weight excluding hydrogens is 395 g/mol. The number of aromatic nitrogens is 1. The molecule has 2 rings (SSSR count). The normalized spacial score (nSPS) is 10.9. The van der Waals surface area contributed by atoms with Gasteiger partial charge in [0.25, 0.3) is 0 Å². The van der Waals surface area contributed by atoms with Crippen LogP contribution in [0, 0.1) is 13.8 Å². The third kappa shape index (κ3) is 5.62. The van der Waals surface area contributed by atoms with E-state index in [1.165, 1.54) is 15.3 Å². The van der Waals surface area contributed by atoms with Crippen LogP contribution >= 0.6 is 35.3 Å². The molecule has 0 amide bonds. The third-order valence-corrected chi connectivity index (χ3v) is 3.99. The van der Waals surface area contributed by atoms with Crippen molar-refractivity contribution >= 4 is 41.3 Å². The van der Waals surface area contributed by atoms with Crippen LogP contribution in [0.4, 0.5) is 0 Å². The fraction of sp³-hybridized carbons (Fsp3) is 0.333. The summed E-state index contributed by atoms with van der Waals surface area (Å²) < 4.78 is 0. The third-order valence-electron chi connectivity index (χ3n) is 2.99. The van der Waals surface area contributed by atoms with Crippen LogP contribution in [0.25, 0.3) is 0 Å². The Morgan fingerprint density at radius 2 is 1.95 bits per heavy atom. The molecule has 0 fully saturated rings. The first-order valence-electron chi connectivity index (χ1n) is 6.59. The number of guanidine groups is 1. The Bertz CT molecular complexity index is 595. The van der Waals surface area contributed by atoms with Crippen LogP contribution in [0.5, 0.6) is 0 Å². The van der Waals surface area contributed by atoms with E-state index < -0.39 is 0 Å². The van der Waals surface area contributed by atoms with E-state index in [-0.39, 0.29) is 24.0 Å². The van der Waals surface area contributed by atoms with Gasteiger partial charge in [-0.3, -0.25) is 9.98 Å². The minimum atomic E-state index is 0. The molecule has 0 saturated carbocycles. The molecule has 2 heterocycles. The van der Waals surface area contributed by atoms with Crippen molar-refractivity contribution in [3.63, 3.8) is 0 Å². The van der Waals surface area contributed by atoms with Crippen LogP contribution in [0.2, 0.25) is 0 Å². The van der Waals surface area contributed by atoms with Gasteiger partial charge >= 0.3 is 0 Å². The van der Waals surface area contributed by atoms with Gasteiger partial charge in [0.1, 0.15) is 0 Å². The SMILES string of the molecule is CN=C(NCc1ccc(C)s1)NCc1ncccc1C.I. The second kappa shape index (κ2) is 8.99. The predicted octanol–water partition coefficient (Wildman–Crippen LogP) is 3.24. The number of nitrogens with one attached hydrogen (secondary N) is 2. The Kier molecular flexibility index (Phi) is 7.66. The van der Waals surface area contributed by atoms with Gasteiger partial charge in [-0.25, -0.2) is 0 Å². The van der Waals surface area contributed by atoms with Crippen LogP contribution in [-0.4, -0.2) is 18.0 Å². The first-order chi connectivity index (χ1) is 9.69. The second-order valence-corrected chi connectivity index (χ2v) is 5.93. The van der Waals surface area contributed by atoms with Crippen LogP contribution in [0.1, 0.15) is 21.0 Å². The lowest BCUT2D eigenvalue weighted by molar-refractivity contribution is 0.794. The molecule has 2 aromatic heterocycles. The second-order valence-electron chi connectivity index (χ2n) is 4.56. The van der Waals surface area contributed by atoms with Crippen molar-refractivity contribution in [2.45, 2.75) is 26.9 Å². The topological polar surface area (TPSA) is 49.3 Å². The van der Waals surface area contributed by atoms with Crippen molar-refractivity contribution in [2.24, 2.45) is 4.99 Å². The van der Waals surface area contributed by atoms with E-state index in [0.29, 0.717) is 6.54 Å². The summed E-state index contributed by atoms with van der Waals surface area (Å²) in [4.78, 5) is 11.2. The number of nitrogens with zero attached hydrogens (tertiary/aromatic N) is 2. The summed E-state index contributed by atoms with van der Waals surface area (Å²) in [5, 5.41) is 6.59. The van der Waals surface area contributed by atoms with Crippen LogP contribution < -0.4 is 10.6 Å². The minimum Gasteiger partial charge on any atom is -0.352 e. The zero-order valence-electron chi connectivity index (χ0n) is 12.5. The van der Waals surface area contributed by atoms with Crippen molar-refractivity contribution in [1.29, 1.82) is 0 Å². The molecule has 0 saturated heterocycles. The van der Waals surface area contributed by atoms with E-state index in [1.54, 1.807) is 18.4 Å². The maximum atomic E-state index is 4.36. The number of halogens is 1. The Hall–Kier alpha value is -1.15. The summed E-state index contributed by atoms with van der Waals surface area (Å²) in [6, 6.07) is 8.29. The van der Waals surface area contributed by atoms with E-state index in [9.17, 15) is 0 Å². The lowest BCUT2D eigenvalue weighted by Crippen LogP contribution is -2.36. The van der Waals surface area contributed by atoms with Gasteiger partial charge in [-0.05, 0) is 37.6 Å². The van der Waals surface area contributed by atoms with Crippen LogP contribution in [0.3, 0.4) is 0 Å². The van der Waals surface area contributed by atoms with E-state index in [1.807, 2.05) is 12.3 Å². The van der Waals surface area contributed by atoms with Gasteiger partial charge in [0.05, 0.1) is 18.8 Å². The van der Waals surface area contributed by atoms with E-state index in [0.717, 1.165) is 18.2 Å². The molecule has 0 aliphatic heterocycles. The fourth-order valence-electron chi connectivity index (χ4n) is 1.84. The monoisotopic (exact) mass is 416 g/mol. The minimum absolute atomic E-state index is 0. The van der Waals surface area contributed by atoms with Crippen molar-refractivity contribution in [2.75, 3.05) is 7.05 Å². The summed E-state index contributed by atoms with van der Waals surface area (Å²) in [7, 11) is 1.78. The molecule has 0 unspecified atom stereocenters. The number of hydrogen-bond acceptors (Lipinski definition) is 3. The molecule has 21 heavy (non-hydrogen) atoms. The standard InChI is InChI=1S/C15H20N4S.HI/c1-11-5-4-8-17-14(11)10-19-15(16-3)18-9-13-7-6-12(2)20-13;/h4-8H,9-10H2,1-3H3,(H2,16,18,19);1H. The maximum Gasteiger partial charge on any atom is 0.191 e. The maximum absolute atomic E-state index is 4.36.